The summed E-state index contributed by atoms with van der Waals surface area (Å²) in [5, 5.41) is 0. The van der Waals surface area contributed by atoms with Crippen LogP contribution in [0.1, 0.15) is 30.4 Å². The van der Waals surface area contributed by atoms with Crippen molar-refractivity contribution in [3.8, 4) is 0 Å². The smallest absolute Gasteiger partial charge is 0.243 e. The molecule has 1 unspecified atom stereocenters. The van der Waals surface area contributed by atoms with E-state index in [9.17, 15) is 8.42 Å². The van der Waals surface area contributed by atoms with E-state index in [2.05, 4.69) is 0 Å². The van der Waals surface area contributed by atoms with Crippen LogP contribution >= 0.6 is 0 Å². The second kappa shape index (κ2) is 6.34. The minimum atomic E-state index is -3.54. The highest BCUT2D eigenvalue weighted by molar-refractivity contribution is 7.89. The van der Waals surface area contributed by atoms with Gasteiger partial charge in [-0.1, -0.05) is 0 Å². The fourth-order valence-electron chi connectivity index (χ4n) is 2.62. The number of likely N-dealkylation sites (N-methyl/N-ethyl adjacent to an activating group) is 1. The predicted octanol–water partition coefficient (Wildman–Crippen LogP) is 2.08. The average molecular weight is 312 g/mol. The highest BCUT2D eigenvalue weighted by Gasteiger charge is 2.27. The van der Waals surface area contributed by atoms with Gasteiger partial charge in [0.1, 0.15) is 0 Å². The third-order valence-electron chi connectivity index (χ3n) is 3.97. The number of nitrogen functional groups attached to an aromatic ring is 1. The van der Waals surface area contributed by atoms with Crippen LogP contribution in [0, 0.1) is 13.8 Å². The van der Waals surface area contributed by atoms with Crippen LogP contribution in [0.25, 0.3) is 0 Å². The van der Waals surface area contributed by atoms with E-state index in [0.29, 0.717) is 22.7 Å². The zero-order valence-corrected chi connectivity index (χ0v) is 13.7. The van der Waals surface area contributed by atoms with Gasteiger partial charge in [-0.2, -0.15) is 4.31 Å². The van der Waals surface area contributed by atoms with Crippen molar-refractivity contribution in [3.63, 3.8) is 0 Å². The quantitative estimate of drug-likeness (QED) is 0.864. The van der Waals surface area contributed by atoms with Crippen molar-refractivity contribution in [1.29, 1.82) is 0 Å². The summed E-state index contributed by atoms with van der Waals surface area (Å²) in [6.07, 6.45) is 3.05. The van der Waals surface area contributed by atoms with Gasteiger partial charge in [0, 0.05) is 25.9 Å². The molecular weight excluding hydrogens is 288 g/mol. The topological polar surface area (TPSA) is 72.6 Å². The summed E-state index contributed by atoms with van der Waals surface area (Å²) >= 11 is 0. The summed E-state index contributed by atoms with van der Waals surface area (Å²) < 4.78 is 32.5. The van der Waals surface area contributed by atoms with E-state index < -0.39 is 10.0 Å². The highest BCUT2D eigenvalue weighted by Crippen LogP contribution is 2.26. The number of aryl methyl sites for hydroxylation is 1. The van der Waals surface area contributed by atoms with Gasteiger partial charge in [0.2, 0.25) is 10.0 Å². The normalized spacial score (nSPS) is 19.9. The molecular formula is C15H24N2O3S. The summed E-state index contributed by atoms with van der Waals surface area (Å²) in [5.74, 6) is 0. The molecule has 5 nitrogen and oxygen atoms in total. The standard InChI is InChI=1S/C15H24N2O3S/c1-11-8-14(16)12(2)15(9-11)21(18,19)17(3)10-13-6-4-5-7-20-13/h8-9,13H,4-7,10,16H2,1-3H3. The second-order valence-corrected chi connectivity index (χ2v) is 7.76. The molecule has 2 N–H and O–H groups in total. The molecule has 1 aromatic rings. The predicted molar refractivity (Wildman–Crippen MR) is 83.7 cm³/mol. The van der Waals surface area contributed by atoms with Gasteiger partial charge in [-0.15, -0.1) is 0 Å². The molecule has 0 radical (unpaired) electrons. The molecule has 0 bridgehead atoms. The van der Waals surface area contributed by atoms with Crippen LogP contribution in [-0.4, -0.2) is 39.0 Å². The molecule has 1 atom stereocenters. The fraction of sp³-hybridized carbons (Fsp3) is 0.600. The first-order chi connectivity index (χ1) is 9.82. The summed E-state index contributed by atoms with van der Waals surface area (Å²) in [5.41, 5.74) is 7.86. The monoisotopic (exact) mass is 312 g/mol. The van der Waals surface area contributed by atoms with Crippen molar-refractivity contribution in [3.05, 3.63) is 23.3 Å². The molecule has 6 heteroatoms. The van der Waals surface area contributed by atoms with Crippen LogP contribution in [0.15, 0.2) is 17.0 Å². The Bertz CT molecular complexity index is 608. The Kier molecular flexibility index (Phi) is 4.91. The minimum Gasteiger partial charge on any atom is -0.398 e. The van der Waals surface area contributed by atoms with Crippen LogP contribution in [0.2, 0.25) is 0 Å². The Balaban J connectivity index is 2.24. The largest absolute Gasteiger partial charge is 0.398 e. The number of benzene rings is 1. The van der Waals surface area contributed by atoms with Gasteiger partial charge >= 0.3 is 0 Å². The minimum absolute atomic E-state index is 0.0130. The Morgan fingerprint density at radius 1 is 1.33 bits per heavy atom. The molecule has 1 aliphatic rings. The lowest BCUT2D eigenvalue weighted by atomic mass is 10.1. The number of nitrogens with zero attached hydrogens (tertiary/aromatic N) is 1. The van der Waals surface area contributed by atoms with Crippen LogP contribution in [0.5, 0.6) is 0 Å². The molecule has 2 rings (SSSR count). The van der Waals surface area contributed by atoms with Crippen LogP contribution in [0.4, 0.5) is 5.69 Å². The van der Waals surface area contributed by atoms with Crippen molar-refractivity contribution >= 4 is 15.7 Å². The third-order valence-corrected chi connectivity index (χ3v) is 5.92. The molecule has 0 aliphatic carbocycles. The molecule has 118 valence electrons. The maximum absolute atomic E-state index is 12.7. The number of nitrogens with two attached hydrogens (primary N) is 1. The van der Waals surface area contributed by atoms with Gasteiger partial charge in [0.05, 0.1) is 11.0 Å². The Morgan fingerprint density at radius 2 is 2.05 bits per heavy atom. The summed E-state index contributed by atoms with van der Waals surface area (Å²) in [7, 11) is -1.94. The van der Waals surface area contributed by atoms with E-state index >= 15 is 0 Å². The van der Waals surface area contributed by atoms with Gasteiger partial charge in [0.25, 0.3) is 0 Å². The maximum atomic E-state index is 12.7. The van der Waals surface area contributed by atoms with Crippen molar-refractivity contribution in [2.75, 3.05) is 25.9 Å². The van der Waals surface area contributed by atoms with Gasteiger partial charge in [-0.05, 0) is 56.4 Å². The van der Waals surface area contributed by atoms with E-state index in [4.69, 9.17) is 10.5 Å². The number of hydrogen-bond donors (Lipinski definition) is 1. The summed E-state index contributed by atoms with van der Waals surface area (Å²) in [4.78, 5) is 0.290. The molecule has 0 saturated carbocycles. The van der Waals surface area contributed by atoms with Crippen molar-refractivity contribution in [2.24, 2.45) is 0 Å². The zero-order valence-electron chi connectivity index (χ0n) is 12.9. The molecule has 1 heterocycles. The lowest BCUT2D eigenvalue weighted by molar-refractivity contribution is 0.00858. The Hall–Kier alpha value is -1.11. The van der Waals surface area contributed by atoms with E-state index in [1.807, 2.05) is 6.92 Å². The van der Waals surface area contributed by atoms with Crippen LogP contribution < -0.4 is 5.73 Å². The first-order valence-electron chi connectivity index (χ1n) is 7.27. The van der Waals surface area contributed by atoms with E-state index in [1.54, 1.807) is 26.1 Å². The summed E-state index contributed by atoms with van der Waals surface area (Å²) in [6.45, 7) is 4.69. The first-order valence-corrected chi connectivity index (χ1v) is 8.71. The molecule has 1 fully saturated rings. The van der Waals surface area contributed by atoms with Crippen molar-refractivity contribution in [1.82, 2.24) is 4.31 Å². The Labute approximate surface area is 127 Å². The van der Waals surface area contributed by atoms with E-state index in [0.717, 1.165) is 31.4 Å². The van der Waals surface area contributed by atoms with Crippen LogP contribution in [0.3, 0.4) is 0 Å². The molecule has 0 aromatic heterocycles. The number of anilines is 1. The molecule has 21 heavy (non-hydrogen) atoms. The Morgan fingerprint density at radius 3 is 2.67 bits per heavy atom. The number of sulfonamides is 1. The highest BCUT2D eigenvalue weighted by atomic mass is 32.2. The molecule has 1 saturated heterocycles. The molecule has 0 amide bonds. The number of hydrogen-bond acceptors (Lipinski definition) is 4. The fourth-order valence-corrected chi connectivity index (χ4v) is 4.16. The van der Waals surface area contributed by atoms with Gasteiger partial charge in [-0.3, -0.25) is 0 Å². The van der Waals surface area contributed by atoms with Crippen LogP contribution in [-0.2, 0) is 14.8 Å². The van der Waals surface area contributed by atoms with Gasteiger partial charge in [0.15, 0.2) is 0 Å². The SMILES string of the molecule is Cc1cc(N)c(C)c(S(=O)(=O)N(C)CC2CCCCO2)c1. The maximum Gasteiger partial charge on any atom is 0.243 e. The first kappa shape index (κ1) is 16.3. The lowest BCUT2D eigenvalue weighted by Crippen LogP contribution is -2.37. The average Bonchev–Trinajstić information content (AvgIpc) is 2.43. The van der Waals surface area contributed by atoms with Crippen molar-refractivity contribution < 1.29 is 13.2 Å². The van der Waals surface area contributed by atoms with Crippen molar-refractivity contribution in [2.45, 2.75) is 44.1 Å². The third kappa shape index (κ3) is 3.56. The van der Waals surface area contributed by atoms with Gasteiger partial charge in [-0.25, -0.2) is 8.42 Å². The number of rotatable bonds is 4. The number of ether oxygens (including phenoxy) is 1. The molecule has 0 spiro atoms. The zero-order chi connectivity index (χ0) is 15.6. The summed E-state index contributed by atoms with van der Waals surface area (Å²) in [6, 6.07) is 3.47. The van der Waals surface area contributed by atoms with E-state index in [-0.39, 0.29) is 6.10 Å². The van der Waals surface area contributed by atoms with Gasteiger partial charge < -0.3 is 10.5 Å². The molecule has 1 aliphatic heterocycles. The second-order valence-electron chi connectivity index (χ2n) is 5.75. The van der Waals surface area contributed by atoms with E-state index in [1.165, 1.54) is 4.31 Å². The molecule has 1 aromatic carbocycles. The lowest BCUT2D eigenvalue weighted by Gasteiger charge is -2.27.